The number of carbonyl (C=O) groups excluding carboxylic acids is 1. The summed E-state index contributed by atoms with van der Waals surface area (Å²) in [5.74, 6) is -0.00104. The molecule has 0 amide bonds. The van der Waals surface area contributed by atoms with E-state index in [0.29, 0.717) is 5.75 Å². The zero-order chi connectivity index (χ0) is 9.68. The number of carbonyl (C=O) groups is 1. The van der Waals surface area contributed by atoms with Crippen molar-refractivity contribution in [2.45, 2.75) is 5.38 Å². The minimum atomic E-state index is -0.790. The fraction of sp³-hybridized carbons (Fsp3) is 0.222. The van der Waals surface area contributed by atoms with Gasteiger partial charge in [0.25, 0.3) is 0 Å². The molecule has 0 saturated carbocycles. The molecule has 70 valence electrons. The molecule has 1 aromatic carbocycles. The van der Waals surface area contributed by atoms with Crippen molar-refractivity contribution in [1.82, 2.24) is 0 Å². The molecule has 0 spiro atoms. The smallest absolute Gasteiger partial charge is 0.330 e. The molecule has 1 aromatic rings. The highest BCUT2D eigenvalue weighted by Gasteiger charge is 2.15. The van der Waals surface area contributed by atoms with E-state index in [1.165, 1.54) is 0 Å². The van der Waals surface area contributed by atoms with Gasteiger partial charge in [-0.05, 0) is 12.1 Å². The zero-order valence-corrected chi connectivity index (χ0v) is 8.26. The average Bonchev–Trinajstić information content (AvgIpc) is 2.18. The summed E-state index contributed by atoms with van der Waals surface area (Å²) in [6.45, 7) is 0. The lowest BCUT2D eigenvalue weighted by molar-refractivity contribution is -0.133. The lowest BCUT2D eigenvalue weighted by Crippen LogP contribution is -2.21. The molecule has 0 saturated heterocycles. The van der Waals surface area contributed by atoms with Crippen molar-refractivity contribution in [2.24, 2.45) is 0 Å². The first kappa shape index (κ1) is 10.4. The number of esters is 1. The van der Waals surface area contributed by atoms with Crippen LogP contribution < -0.4 is 4.74 Å². The van der Waals surface area contributed by atoms with Crippen LogP contribution in [-0.4, -0.2) is 17.2 Å². The summed E-state index contributed by atoms with van der Waals surface area (Å²) in [5, 5.41) is -0.790. The van der Waals surface area contributed by atoms with E-state index in [2.05, 4.69) is 0 Å². The van der Waals surface area contributed by atoms with Gasteiger partial charge in [-0.25, -0.2) is 4.79 Å². The summed E-state index contributed by atoms with van der Waals surface area (Å²) in [7, 11) is 0. The largest absolute Gasteiger partial charge is 0.425 e. The molecule has 0 heterocycles. The van der Waals surface area contributed by atoms with Crippen molar-refractivity contribution in [2.75, 3.05) is 5.88 Å². The maximum Gasteiger partial charge on any atom is 0.330 e. The zero-order valence-electron chi connectivity index (χ0n) is 6.74. The van der Waals surface area contributed by atoms with Crippen molar-refractivity contribution in [3.63, 3.8) is 0 Å². The number of rotatable bonds is 3. The molecule has 1 unspecified atom stereocenters. The summed E-state index contributed by atoms with van der Waals surface area (Å²) in [6, 6.07) is 8.72. The van der Waals surface area contributed by atoms with Crippen molar-refractivity contribution in [3.05, 3.63) is 30.3 Å². The van der Waals surface area contributed by atoms with Crippen molar-refractivity contribution >= 4 is 29.2 Å². The minimum absolute atomic E-state index is 0.0488. The first-order valence-corrected chi connectivity index (χ1v) is 4.68. The summed E-state index contributed by atoms with van der Waals surface area (Å²) < 4.78 is 4.91. The normalized spacial score (nSPS) is 12.2. The van der Waals surface area contributed by atoms with Gasteiger partial charge >= 0.3 is 5.97 Å². The van der Waals surface area contributed by atoms with Crippen LogP contribution in [0, 0.1) is 0 Å². The van der Waals surface area contributed by atoms with E-state index in [0.717, 1.165) is 0 Å². The predicted octanol–water partition coefficient (Wildman–Crippen LogP) is 2.44. The van der Waals surface area contributed by atoms with E-state index in [4.69, 9.17) is 27.9 Å². The molecular formula is C9H8Cl2O2. The molecule has 0 bridgehead atoms. The molecule has 0 radical (unpaired) electrons. The van der Waals surface area contributed by atoms with Gasteiger partial charge in [-0.15, -0.1) is 23.2 Å². The fourth-order valence-corrected chi connectivity index (χ4v) is 0.902. The predicted molar refractivity (Wildman–Crippen MR) is 52.4 cm³/mol. The SMILES string of the molecule is O=C(Oc1ccccc1)C(Cl)CCl. The van der Waals surface area contributed by atoms with Crippen LogP contribution >= 0.6 is 23.2 Å². The van der Waals surface area contributed by atoms with E-state index < -0.39 is 11.3 Å². The van der Waals surface area contributed by atoms with Gasteiger partial charge in [-0.1, -0.05) is 18.2 Å². The molecule has 0 fully saturated rings. The van der Waals surface area contributed by atoms with E-state index >= 15 is 0 Å². The third-order valence-corrected chi connectivity index (χ3v) is 2.15. The van der Waals surface area contributed by atoms with E-state index in [-0.39, 0.29) is 5.88 Å². The van der Waals surface area contributed by atoms with Crippen molar-refractivity contribution in [1.29, 1.82) is 0 Å². The molecule has 0 N–H and O–H groups in total. The fourth-order valence-electron chi connectivity index (χ4n) is 0.732. The Balaban J connectivity index is 2.55. The van der Waals surface area contributed by atoms with Gasteiger partial charge in [-0.2, -0.15) is 0 Å². The van der Waals surface area contributed by atoms with Gasteiger partial charge in [-0.3, -0.25) is 0 Å². The molecule has 1 atom stereocenters. The molecule has 0 aliphatic rings. The first-order valence-electron chi connectivity index (χ1n) is 3.71. The van der Waals surface area contributed by atoms with Crippen LogP contribution in [0.3, 0.4) is 0 Å². The monoisotopic (exact) mass is 218 g/mol. The second-order valence-corrected chi connectivity index (χ2v) is 3.19. The van der Waals surface area contributed by atoms with E-state index in [1.807, 2.05) is 6.07 Å². The van der Waals surface area contributed by atoms with Crippen LogP contribution in [0.15, 0.2) is 30.3 Å². The highest BCUT2D eigenvalue weighted by Crippen LogP contribution is 2.11. The summed E-state index contributed by atoms with van der Waals surface area (Å²) in [4.78, 5) is 11.1. The van der Waals surface area contributed by atoms with Gasteiger partial charge in [0.15, 0.2) is 0 Å². The number of hydrogen-bond acceptors (Lipinski definition) is 2. The second kappa shape index (κ2) is 5.10. The number of para-hydroxylation sites is 1. The van der Waals surface area contributed by atoms with Crippen molar-refractivity contribution in [3.8, 4) is 5.75 Å². The Morgan fingerprint density at radius 3 is 2.54 bits per heavy atom. The van der Waals surface area contributed by atoms with Crippen LogP contribution in [0.5, 0.6) is 5.75 Å². The maximum atomic E-state index is 11.1. The number of halogens is 2. The molecule has 1 rings (SSSR count). The summed E-state index contributed by atoms with van der Waals surface area (Å²) in [5.41, 5.74) is 0. The highest BCUT2D eigenvalue weighted by molar-refractivity contribution is 6.35. The molecular weight excluding hydrogens is 211 g/mol. The number of ether oxygens (including phenoxy) is 1. The van der Waals surface area contributed by atoms with Crippen LogP contribution in [0.25, 0.3) is 0 Å². The van der Waals surface area contributed by atoms with Gasteiger partial charge in [0.2, 0.25) is 0 Å². The third-order valence-electron chi connectivity index (χ3n) is 1.35. The first-order chi connectivity index (χ1) is 6.24. The van der Waals surface area contributed by atoms with Gasteiger partial charge < -0.3 is 4.74 Å². The Bertz CT molecular complexity index is 274. The van der Waals surface area contributed by atoms with Gasteiger partial charge in [0.1, 0.15) is 11.1 Å². The Hall–Kier alpha value is -0.730. The van der Waals surface area contributed by atoms with Crippen LogP contribution in [0.2, 0.25) is 0 Å². The lowest BCUT2D eigenvalue weighted by atomic mass is 10.3. The molecule has 4 heteroatoms. The summed E-state index contributed by atoms with van der Waals surface area (Å²) in [6.07, 6.45) is 0. The molecule has 0 aliphatic heterocycles. The average molecular weight is 219 g/mol. The highest BCUT2D eigenvalue weighted by atomic mass is 35.5. The summed E-state index contributed by atoms with van der Waals surface area (Å²) >= 11 is 10.9. The second-order valence-electron chi connectivity index (χ2n) is 2.36. The van der Waals surface area contributed by atoms with Gasteiger partial charge in [0.05, 0.1) is 0 Å². The standard InChI is InChI=1S/C9H8Cl2O2/c10-6-8(11)9(12)13-7-4-2-1-3-5-7/h1-5,8H,6H2. The molecule has 2 nitrogen and oxygen atoms in total. The van der Waals surface area contributed by atoms with Crippen molar-refractivity contribution < 1.29 is 9.53 Å². The Labute approximate surface area is 86.4 Å². The minimum Gasteiger partial charge on any atom is -0.425 e. The van der Waals surface area contributed by atoms with Crippen LogP contribution in [-0.2, 0) is 4.79 Å². The molecule has 13 heavy (non-hydrogen) atoms. The van der Waals surface area contributed by atoms with Crippen LogP contribution in [0.1, 0.15) is 0 Å². The topological polar surface area (TPSA) is 26.3 Å². The quantitative estimate of drug-likeness (QED) is 0.443. The molecule has 0 aromatic heterocycles. The number of alkyl halides is 2. The van der Waals surface area contributed by atoms with Gasteiger partial charge in [0, 0.05) is 5.88 Å². The van der Waals surface area contributed by atoms with Crippen LogP contribution in [0.4, 0.5) is 0 Å². The van der Waals surface area contributed by atoms with E-state index in [1.54, 1.807) is 24.3 Å². The Kier molecular flexibility index (Phi) is 4.06. The maximum absolute atomic E-state index is 11.1. The number of benzene rings is 1. The number of hydrogen-bond donors (Lipinski definition) is 0. The third kappa shape index (κ3) is 3.25. The van der Waals surface area contributed by atoms with E-state index in [9.17, 15) is 4.79 Å². The molecule has 0 aliphatic carbocycles. The lowest BCUT2D eigenvalue weighted by Gasteiger charge is -2.05. The Morgan fingerprint density at radius 1 is 1.38 bits per heavy atom. The Morgan fingerprint density at radius 2 is 2.00 bits per heavy atom.